The Kier molecular flexibility index (Phi) is 8.10. The van der Waals surface area contributed by atoms with E-state index in [1.807, 2.05) is 0 Å². The summed E-state index contributed by atoms with van der Waals surface area (Å²) in [7, 11) is -7.50. The van der Waals surface area contributed by atoms with E-state index in [-0.39, 0.29) is 30.2 Å². The van der Waals surface area contributed by atoms with Crippen molar-refractivity contribution in [1.29, 1.82) is 0 Å². The molecule has 0 bridgehead atoms. The lowest BCUT2D eigenvalue weighted by molar-refractivity contribution is 0.541. The molecule has 180 valence electrons. The van der Waals surface area contributed by atoms with Crippen LogP contribution in [0, 0.1) is 0 Å². The molecular weight excluding hydrogens is 423 g/mol. The second kappa shape index (κ2) is 8.00. The largest absolute Gasteiger partial charge is 0.228 e. The van der Waals surface area contributed by atoms with Crippen molar-refractivity contribution in [3.05, 3.63) is 0 Å². The molecule has 0 saturated heterocycles. The van der Waals surface area contributed by atoms with E-state index in [1.165, 1.54) is 0 Å². The summed E-state index contributed by atoms with van der Waals surface area (Å²) in [5.41, 5.74) is -1.18. The predicted octanol–water partition coefficient (Wildman–Crippen LogP) is 9.94. The van der Waals surface area contributed by atoms with Crippen LogP contribution >= 0.6 is 0 Å². The average Bonchev–Trinajstić information content (AvgIpc) is 2.26. The lowest BCUT2D eigenvalue weighted by Crippen LogP contribution is -2.80. The Morgan fingerprint density at radius 1 is 0.400 bits per heavy atom. The molecule has 0 aliphatic carbocycles. The molecule has 0 radical (unpaired) electrons. The molecular formula is C25H54F2Si3. The highest BCUT2D eigenvalue weighted by atomic mass is 29.6. The number of hydrogen-bond acceptors (Lipinski definition) is 0. The minimum absolute atomic E-state index is 0.138. The first kappa shape index (κ1) is 30.4. The van der Waals surface area contributed by atoms with E-state index in [0.29, 0.717) is 0 Å². The van der Waals surface area contributed by atoms with Gasteiger partial charge in [-0.05, 0) is 30.2 Å². The van der Waals surface area contributed by atoms with Gasteiger partial charge < -0.3 is 0 Å². The maximum Gasteiger partial charge on any atom is 0.228 e. The van der Waals surface area contributed by atoms with E-state index in [1.54, 1.807) is 0 Å². The van der Waals surface area contributed by atoms with Crippen LogP contribution in [0.25, 0.3) is 0 Å². The molecule has 0 nitrogen and oxygen atoms in total. The molecule has 0 N–H and O–H groups in total. The number of rotatable bonds is 2. The van der Waals surface area contributed by atoms with Crippen LogP contribution in [0.4, 0.5) is 8.78 Å². The lowest BCUT2D eigenvalue weighted by atomic mass is 10.2. The minimum Gasteiger partial charge on any atom is -0.181 e. The SMILES string of the molecule is CC(C)(C)[Si]([Si](=C(F)F)[Si](C(C)(C)C)(C(C)(C)C)C(C)(C)C)(C(C)(C)C)C(C)(C)C. The second-order valence-electron chi connectivity index (χ2n) is 15.6. The van der Waals surface area contributed by atoms with E-state index in [4.69, 9.17) is 0 Å². The summed E-state index contributed by atoms with van der Waals surface area (Å²) in [5, 5.41) is -0.826. The van der Waals surface area contributed by atoms with Gasteiger partial charge in [0.2, 0.25) is 5.68 Å². The number of halogens is 2. The van der Waals surface area contributed by atoms with Crippen molar-refractivity contribution in [3.8, 4) is 0 Å². The Morgan fingerprint density at radius 2 is 0.533 bits per heavy atom. The lowest BCUT2D eigenvalue weighted by Gasteiger charge is -2.69. The Morgan fingerprint density at radius 3 is 0.600 bits per heavy atom. The normalized spacial score (nSPS) is 16.0. The van der Waals surface area contributed by atoms with Crippen LogP contribution in [-0.4, -0.2) is 28.3 Å². The van der Waals surface area contributed by atoms with Crippen LogP contribution in [0.5, 0.6) is 0 Å². The summed E-state index contributed by atoms with van der Waals surface area (Å²) in [6.07, 6.45) is 0. The smallest absolute Gasteiger partial charge is 0.181 e. The fraction of sp³-hybridized carbons (Fsp3) is 0.960. The van der Waals surface area contributed by atoms with Gasteiger partial charge >= 0.3 is 0 Å². The third-order valence-electron chi connectivity index (χ3n) is 7.69. The summed E-state index contributed by atoms with van der Waals surface area (Å²) in [6.45, 7) is 41.2. The molecule has 0 aromatic rings. The van der Waals surface area contributed by atoms with Crippen LogP contribution in [0.2, 0.25) is 30.2 Å². The van der Waals surface area contributed by atoms with E-state index >= 15 is 8.78 Å². The van der Waals surface area contributed by atoms with Crippen molar-refractivity contribution in [1.82, 2.24) is 0 Å². The molecule has 0 amide bonds. The molecule has 0 fully saturated rings. The van der Waals surface area contributed by atoms with Gasteiger partial charge in [-0.2, -0.15) is 8.78 Å². The fourth-order valence-electron chi connectivity index (χ4n) is 9.56. The van der Waals surface area contributed by atoms with Crippen LogP contribution in [-0.2, 0) is 0 Å². The summed E-state index contributed by atoms with van der Waals surface area (Å²) < 4.78 is 31.8. The first-order valence-electron chi connectivity index (χ1n) is 11.6. The number of hydrogen-bond donors (Lipinski definition) is 0. The Hall–Kier alpha value is 0.381. The average molecular weight is 477 g/mol. The van der Waals surface area contributed by atoms with Gasteiger partial charge in [0.25, 0.3) is 0 Å². The molecule has 0 saturated carbocycles. The van der Waals surface area contributed by atoms with E-state index in [2.05, 4.69) is 125 Å². The van der Waals surface area contributed by atoms with Crippen molar-refractivity contribution < 1.29 is 8.78 Å². The highest BCUT2D eigenvalue weighted by molar-refractivity contribution is 7.64. The first-order valence-corrected chi connectivity index (χ1v) is 19.1. The molecule has 0 aliphatic heterocycles. The monoisotopic (exact) mass is 476 g/mol. The maximum absolute atomic E-state index is 15.9. The topological polar surface area (TPSA) is 0 Å². The predicted molar refractivity (Wildman–Crippen MR) is 143 cm³/mol. The molecule has 0 spiro atoms. The van der Waals surface area contributed by atoms with E-state index in [9.17, 15) is 0 Å². The van der Waals surface area contributed by atoms with Crippen molar-refractivity contribution in [2.24, 2.45) is 0 Å². The van der Waals surface area contributed by atoms with Crippen molar-refractivity contribution in [3.63, 3.8) is 0 Å². The van der Waals surface area contributed by atoms with Gasteiger partial charge in [0.15, 0.2) is 0 Å². The van der Waals surface area contributed by atoms with Gasteiger partial charge in [-0.25, -0.2) is 0 Å². The zero-order valence-electron chi connectivity index (χ0n) is 23.8. The zero-order valence-corrected chi connectivity index (χ0v) is 26.8. The molecule has 5 heteroatoms. The van der Waals surface area contributed by atoms with Crippen molar-refractivity contribution >= 4 is 28.3 Å². The van der Waals surface area contributed by atoms with E-state index in [0.717, 1.165) is 0 Å². The highest BCUT2D eigenvalue weighted by Gasteiger charge is 2.73. The van der Waals surface area contributed by atoms with Crippen LogP contribution in [0.15, 0.2) is 0 Å². The summed E-state index contributed by atoms with van der Waals surface area (Å²) in [4.78, 5) is 0. The maximum atomic E-state index is 15.9. The zero-order chi connectivity index (χ0) is 25.2. The molecule has 0 aromatic heterocycles. The summed E-state index contributed by atoms with van der Waals surface area (Å²) in [5.74, 6) is 0. The molecule has 30 heavy (non-hydrogen) atoms. The Balaban J connectivity index is 8.51. The molecule has 0 aromatic carbocycles. The van der Waals surface area contributed by atoms with Crippen molar-refractivity contribution in [2.45, 2.75) is 155 Å². The molecule has 0 atom stereocenters. The van der Waals surface area contributed by atoms with Gasteiger partial charge in [-0.15, -0.1) is 0 Å². The fourth-order valence-corrected chi connectivity index (χ4v) is 70.9. The third kappa shape index (κ3) is 4.30. The highest BCUT2D eigenvalue weighted by Crippen LogP contribution is 2.70. The first-order chi connectivity index (χ1) is 12.6. The molecule has 0 heterocycles. The third-order valence-corrected chi connectivity index (χ3v) is 49.0. The summed E-state index contributed by atoms with van der Waals surface area (Å²) >= 11 is 0. The molecule has 0 unspecified atom stereocenters. The Labute approximate surface area is 191 Å². The van der Waals surface area contributed by atoms with Gasteiger partial charge in [-0.3, -0.25) is 0 Å². The van der Waals surface area contributed by atoms with Crippen LogP contribution in [0.1, 0.15) is 125 Å². The van der Waals surface area contributed by atoms with Crippen molar-refractivity contribution in [2.75, 3.05) is 0 Å². The van der Waals surface area contributed by atoms with Gasteiger partial charge in [0.05, 0.1) is 22.6 Å². The van der Waals surface area contributed by atoms with Gasteiger partial charge in [0.1, 0.15) is 0 Å². The standard InChI is InChI=1S/C25H54F2Si3/c1-20(2,3)29(21(4,5)6,22(7,8)9)28(19(26)27)30(23(10,11)12,24(13,14)15)25(16,17)18/h1-18H3. The quantitative estimate of drug-likeness (QED) is 0.348. The molecule has 0 aliphatic rings. The van der Waals surface area contributed by atoms with Crippen LogP contribution < -0.4 is 0 Å². The summed E-state index contributed by atoms with van der Waals surface area (Å²) in [6, 6.07) is 0. The van der Waals surface area contributed by atoms with Crippen LogP contribution in [0.3, 0.4) is 0 Å². The molecule has 0 rings (SSSR count). The minimum atomic E-state index is -2.68. The Bertz CT molecular complexity index is 521. The van der Waals surface area contributed by atoms with E-state index < -0.39 is 28.3 Å². The van der Waals surface area contributed by atoms with Gasteiger partial charge in [0, 0.05) is 0 Å². The second-order valence-corrected chi connectivity index (χ2v) is 37.8. The van der Waals surface area contributed by atoms with Gasteiger partial charge in [-0.1, -0.05) is 125 Å².